The summed E-state index contributed by atoms with van der Waals surface area (Å²) in [7, 11) is 0. The van der Waals surface area contributed by atoms with Gasteiger partial charge in [-0.25, -0.2) is 0 Å². The number of hydrogen-bond acceptors (Lipinski definition) is 2. The average Bonchev–Trinajstić information content (AvgIpc) is 2.45. The first-order valence-corrected chi connectivity index (χ1v) is 5.88. The van der Waals surface area contributed by atoms with Gasteiger partial charge in [0, 0.05) is 10.5 Å². The molecular weight excluding hydrogens is 192 g/mol. The largest absolute Gasteiger partial charge is 0.293 e. The Morgan fingerprint density at radius 2 is 1.86 bits per heavy atom. The minimum atomic E-state index is 0.118. The molecule has 2 heteroatoms. The molecule has 0 aliphatic carbocycles. The number of fused-ring (bicyclic) bond motifs is 1. The predicted molar refractivity (Wildman–Crippen MR) is 62.1 cm³/mol. The van der Waals surface area contributed by atoms with E-state index in [0.717, 1.165) is 10.5 Å². The van der Waals surface area contributed by atoms with Crippen molar-refractivity contribution in [1.82, 2.24) is 0 Å². The van der Waals surface area contributed by atoms with Crippen molar-refractivity contribution in [2.45, 2.75) is 37.3 Å². The molecule has 0 N–H and O–H groups in total. The van der Waals surface area contributed by atoms with Gasteiger partial charge in [0.2, 0.25) is 0 Å². The summed E-state index contributed by atoms with van der Waals surface area (Å²) in [6.07, 6.45) is 1.25. The van der Waals surface area contributed by atoms with Crippen molar-refractivity contribution < 1.29 is 4.79 Å². The third-order valence-electron chi connectivity index (χ3n) is 1.83. The van der Waals surface area contributed by atoms with E-state index in [1.165, 1.54) is 6.42 Å². The first kappa shape index (κ1) is 11.3. The molecule has 1 aromatic rings. The molecule has 0 amide bonds. The lowest BCUT2D eigenvalue weighted by atomic mass is 10.1. The molecular formula is C12H16OS. The van der Waals surface area contributed by atoms with Gasteiger partial charge in [-0.15, -0.1) is 11.8 Å². The van der Waals surface area contributed by atoms with Crippen LogP contribution in [0.3, 0.4) is 0 Å². The normalized spacial score (nSPS) is 18.5. The van der Waals surface area contributed by atoms with Crippen molar-refractivity contribution in [3.05, 3.63) is 29.8 Å². The van der Waals surface area contributed by atoms with Crippen LogP contribution in [0.25, 0.3) is 0 Å². The zero-order valence-corrected chi connectivity index (χ0v) is 9.73. The van der Waals surface area contributed by atoms with Crippen molar-refractivity contribution in [2.24, 2.45) is 0 Å². The molecule has 1 heterocycles. The van der Waals surface area contributed by atoms with Crippen LogP contribution in [0.4, 0.5) is 0 Å². The summed E-state index contributed by atoms with van der Waals surface area (Å²) in [4.78, 5) is 12.5. The van der Waals surface area contributed by atoms with Gasteiger partial charge in [-0.2, -0.15) is 0 Å². The van der Waals surface area contributed by atoms with Gasteiger partial charge in [0.15, 0.2) is 5.78 Å². The molecule has 76 valence electrons. The van der Waals surface area contributed by atoms with E-state index in [0.29, 0.717) is 0 Å². The van der Waals surface area contributed by atoms with Gasteiger partial charge >= 0.3 is 0 Å². The summed E-state index contributed by atoms with van der Waals surface area (Å²) in [6, 6.07) is 7.78. The van der Waals surface area contributed by atoms with E-state index in [2.05, 4.69) is 13.8 Å². The number of hydrogen-bond donors (Lipinski definition) is 0. The van der Waals surface area contributed by atoms with Crippen LogP contribution in [0.5, 0.6) is 0 Å². The van der Waals surface area contributed by atoms with Crippen LogP contribution in [-0.2, 0) is 0 Å². The number of thioether (sulfide) groups is 1. The summed E-state index contributed by atoms with van der Waals surface area (Å²) in [5, 5.41) is 0.118. The number of Topliss-reactive ketones (excluding diaryl/α,β-unsaturated/α-hetero) is 1. The molecule has 0 bridgehead atoms. The summed E-state index contributed by atoms with van der Waals surface area (Å²) in [6.45, 7) is 6.20. The number of rotatable bonds is 0. The fourth-order valence-corrected chi connectivity index (χ4v) is 2.30. The quantitative estimate of drug-likeness (QED) is 0.645. The fourth-order valence-electron chi connectivity index (χ4n) is 1.24. The predicted octanol–water partition coefficient (Wildman–Crippen LogP) is 3.78. The fraction of sp³-hybridized carbons (Fsp3) is 0.417. The van der Waals surface area contributed by atoms with E-state index < -0.39 is 0 Å². The van der Waals surface area contributed by atoms with Gasteiger partial charge in [0.25, 0.3) is 0 Å². The van der Waals surface area contributed by atoms with E-state index in [1.807, 2.05) is 31.2 Å². The first-order chi connectivity index (χ1) is 6.70. The molecule has 2 rings (SSSR count). The summed E-state index contributed by atoms with van der Waals surface area (Å²) in [5.74, 6) is 0.269. The van der Waals surface area contributed by atoms with Crippen LogP contribution >= 0.6 is 11.8 Å². The number of ketones is 1. The van der Waals surface area contributed by atoms with E-state index in [9.17, 15) is 4.79 Å². The zero-order valence-electron chi connectivity index (χ0n) is 8.91. The van der Waals surface area contributed by atoms with E-state index >= 15 is 0 Å². The third-order valence-corrected chi connectivity index (χ3v) is 3.00. The van der Waals surface area contributed by atoms with Crippen LogP contribution in [0.15, 0.2) is 29.2 Å². The molecule has 0 aromatic heterocycles. The first-order valence-electron chi connectivity index (χ1n) is 5.00. The number of benzene rings is 1. The van der Waals surface area contributed by atoms with Crippen LogP contribution in [0.2, 0.25) is 0 Å². The smallest absolute Gasteiger partial charge is 0.177 e. The van der Waals surface area contributed by atoms with Crippen LogP contribution in [0.1, 0.15) is 37.6 Å². The van der Waals surface area contributed by atoms with Crippen LogP contribution in [-0.4, -0.2) is 11.0 Å². The molecule has 1 aliphatic rings. The molecule has 14 heavy (non-hydrogen) atoms. The maximum Gasteiger partial charge on any atom is 0.177 e. The Morgan fingerprint density at radius 1 is 1.29 bits per heavy atom. The van der Waals surface area contributed by atoms with Crippen molar-refractivity contribution in [3.63, 3.8) is 0 Å². The van der Waals surface area contributed by atoms with E-state index in [1.54, 1.807) is 11.8 Å². The van der Waals surface area contributed by atoms with Gasteiger partial charge in [-0.1, -0.05) is 38.5 Å². The molecule has 1 aliphatic heterocycles. The lowest BCUT2D eigenvalue weighted by molar-refractivity contribution is 0.0996. The Morgan fingerprint density at radius 3 is 2.43 bits per heavy atom. The minimum absolute atomic E-state index is 0.118. The molecule has 1 unspecified atom stereocenters. The summed E-state index contributed by atoms with van der Waals surface area (Å²) in [5.41, 5.74) is 0.894. The Bertz CT molecular complexity index is 320. The lowest BCUT2D eigenvalue weighted by Crippen LogP contribution is -2.05. The van der Waals surface area contributed by atoms with E-state index in [4.69, 9.17) is 0 Å². The highest BCUT2D eigenvalue weighted by Gasteiger charge is 2.26. The Kier molecular flexibility index (Phi) is 4.21. The highest BCUT2D eigenvalue weighted by atomic mass is 32.2. The average molecular weight is 208 g/mol. The molecule has 0 fully saturated rings. The molecule has 0 saturated carbocycles. The van der Waals surface area contributed by atoms with Crippen LogP contribution in [0, 0.1) is 0 Å². The SMILES string of the molecule is CC1Sc2ccccc2C1=O.CCC. The van der Waals surface area contributed by atoms with Gasteiger partial charge in [0.05, 0.1) is 5.25 Å². The molecule has 1 atom stereocenters. The van der Waals surface area contributed by atoms with Crippen LogP contribution < -0.4 is 0 Å². The van der Waals surface area contributed by atoms with Gasteiger partial charge in [0.1, 0.15) is 0 Å². The van der Waals surface area contributed by atoms with E-state index in [-0.39, 0.29) is 11.0 Å². The second-order valence-corrected chi connectivity index (χ2v) is 4.71. The molecule has 1 aromatic carbocycles. The lowest BCUT2D eigenvalue weighted by Gasteiger charge is -1.92. The molecule has 0 radical (unpaired) electrons. The Hall–Kier alpha value is -0.760. The van der Waals surface area contributed by atoms with Gasteiger partial charge < -0.3 is 0 Å². The second kappa shape index (κ2) is 5.20. The third kappa shape index (κ3) is 2.38. The monoisotopic (exact) mass is 208 g/mol. The molecule has 1 nitrogen and oxygen atoms in total. The topological polar surface area (TPSA) is 17.1 Å². The Labute approximate surface area is 89.9 Å². The maximum atomic E-state index is 11.4. The van der Waals surface area contributed by atoms with Gasteiger partial charge in [-0.3, -0.25) is 4.79 Å². The van der Waals surface area contributed by atoms with Crippen molar-refractivity contribution >= 4 is 17.5 Å². The minimum Gasteiger partial charge on any atom is -0.293 e. The molecule has 0 spiro atoms. The number of carbonyl (C=O) groups is 1. The highest BCUT2D eigenvalue weighted by Crippen LogP contribution is 2.35. The van der Waals surface area contributed by atoms with Crippen molar-refractivity contribution in [2.75, 3.05) is 0 Å². The summed E-state index contributed by atoms with van der Waals surface area (Å²) < 4.78 is 0. The van der Waals surface area contributed by atoms with Crippen molar-refractivity contribution in [1.29, 1.82) is 0 Å². The highest BCUT2D eigenvalue weighted by molar-refractivity contribution is 8.01. The maximum absolute atomic E-state index is 11.4. The summed E-state index contributed by atoms with van der Waals surface area (Å²) >= 11 is 1.65. The zero-order chi connectivity index (χ0) is 10.6. The standard InChI is InChI=1S/C9H8OS.C3H8/c1-6-9(10)7-4-2-3-5-8(7)11-6;1-3-2/h2-6H,1H3;3H2,1-2H3. The number of carbonyl (C=O) groups excluding carboxylic acids is 1. The Balaban J connectivity index is 0.000000293. The van der Waals surface area contributed by atoms with Crippen molar-refractivity contribution in [3.8, 4) is 0 Å². The second-order valence-electron chi connectivity index (χ2n) is 3.33. The van der Waals surface area contributed by atoms with Gasteiger partial charge in [-0.05, 0) is 13.0 Å². The molecule has 0 saturated heterocycles.